The highest BCUT2D eigenvalue weighted by atomic mass is 16.3. The maximum Gasteiger partial charge on any atom is 0.182 e. The molecular formula is C5H7N3O. The molecule has 0 amide bonds. The van der Waals surface area contributed by atoms with Crippen LogP contribution in [-0.2, 0) is 0 Å². The van der Waals surface area contributed by atoms with Gasteiger partial charge in [-0.3, -0.25) is 0 Å². The summed E-state index contributed by atoms with van der Waals surface area (Å²) in [6.45, 7) is 0. The van der Waals surface area contributed by atoms with E-state index in [1.807, 2.05) is 0 Å². The van der Waals surface area contributed by atoms with Gasteiger partial charge in [0.15, 0.2) is 11.6 Å². The summed E-state index contributed by atoms with van der Waals surface area (Å²) >= 11 is 0. The number of hydrazine groups is 1. The molecule has 4 heteroatoms. The van der Waals surface area contributed by atoms with Gasteiger partial charge in [0.25, 0.3) is 0 Å². The Morgan fingerprint density at radius 1 is 1.67 bits per heavy atom. The number of nitrogens with two attached hydrogens (primary N) is 1. The summed E-state index contributed by atoms with van der Waals surface area (Å²) in [6.07, 6.45) is 1.54. The molecule has 0 saturated heterocycles. The molecular weight excluding hydrogens is 118 g/mol. The van der Waals surface area contributed by atoms with Crippen molar-refractivity contribution < 1.29 is 5.11 Å². The topological polar surface area (TPSA) is 71.2 Å². The van der Waals surface area contributed by atoms with Gasteiger partial charge in [-0.1, -0.05) is 0 Å². The number of anilines is 1. The van der Waals surface area contributed by atoms with E-state index in [0.29, 0.717) is 0 Å². The third-order valence-electron chi connectivity index (χ3n) is 0.923. The van der Waals surface area contributed by atoms with Gasteiger partial charge in [0, 0.05) is 6.20 Å². The predicted molar refractivity (Wildman–Crippen MR) is 33.7 cm³/mol. The molecule has 1 aromatic heterocycles. The maximum absolute atomic E-state index is 8.91. The van der Waals surface area contributed by atoms with Crippen molar-refractivity contribution in [3.8, 4) is 5.75 Å². The highest BCUT2D eigenvalue weighted by Crippen LogP contribution is 2.15. The average molecular weight is 125 g/mol. The minimum absolute atomic E-state index is 0.0556. The van der Waals surface area contributed by atoms with Crippen LogP contribution in [0.3, 0.4) is 0 Å². The molecule has 0 aliphatic rings. The summed E-state index contributed by atoms with van der Waals surface area (Å²) in [5.74, 6) is 5.32. The number of pyridine rings is 1. The standard InChI is InChI=1S/C5H7N3O/c6-8-5-4(9)2-1-3-7-5/h1-3,9H,6H2,(H,7,8). The lowest BCUT2D eigenvalue weighted by Gasteiger charge is -1.98. The summed E-state index contributed by atoms with van der Waals surface area (Å²) in [4.78, 5) is 3.71. The molecule has 4 nitrogen and oxygen atoms in total. The van der Waals surface area contributed by atoms with E-state index in [2.05, 4.69) is 10.4 Å². The van der Waals surface area contributed by atoms with Gasteiger partial charge in [0.1, 0.15) is 0 Å². The fraction of sp³-hybridized carbons (Fsp3) is 0. The van der Waals surface area contributed by atoms with Crippen LogP contribution in [-0.4, -0.2) is 10.1 Å². The van der Waals surface area contributed by atoms with Crippen molar-refractivity contribution in [2.75, 3.05) is 5.43 Å². The smallest absolute Gasteiger partial charge is 0.182 e. The quantitative estimate of drug-likeness (QED) is 0.367. The first-order valence-corrected chi connectivity index (χ1v) is 2.45. The molecule has 0 unspecified atom stereocenters. The molecule has 0 aromatic carbocycles. The lowest BCUT2D eigenvalue weighted by molar-refractivity contribution is 0.475. The molecule has 48 valence electrons. The van der Waals surface area contributed by atoms with E-state index in [1.54, 1.807) is 6.07 Å². The lowest BCUT2D eigenvalue weighted by Crippen LogP contribution is -2.07. The first kappa shape index (κ1) is 5.84. The summed E-state index contributed by atoms with van der Waals surface area (Å²) in [6, 6.07) is 3.12. The van der Waals surface area contributed by atoms with Crippen LogP contribution in [0.15, 0.2) is 18.3 Å². The molecule has 1 heterocycles. The van der Waals surface area contributed by atoms with Crippen LogP contribution < -0.4 is 11.3 Å². The number of nitrogens with zero attached hydrogens (tertiary/aromatic N) is 1. The van der Waals surface area contributed by atoms with Crippen LogP contribution in [0.4, 0.5) is 5.82 Å². The molecule has 4 N–H and O–H groups in total. The predicted octanol–water partition coefficient (Wildman–Crippen LogP) is 0.0728. The van der Waals surface area contributed by atoms with Gasteiger partial charge >= 0.3 is 0 Å². The zero-order chi connectivity index (χ0) is 6.69. The van der Waals surface area contributed by atoms with Crippen LogP contribution in [0.5, 0.6) is 5.75 Å². The third kappa shape index (κ3) is 1.09. The van der Waals surface area contributed by atoms with Gasteiger partial charge in [0.05, 0.1) is 0 Å². The molecule has 0 atom stereocenters. The Bertz CT molecular complexity index is 201. The van der Waals surface area contributed by atoms with Gasteiger partial charge in [-0.05, 0) is 12.1 Å². The number of hydrogen-bond acceptors (Lipinski definition) is 4. The first-order valence-electron chi connectivity index (χ1n) is 2.45. The van der Waals surface area contributed by atoms with Gasteiger partial charge in [-0.2, -0.15) is 0 Å². The minimum atomic E-state index is 0.0556. The Kier molecular flexibility index (Phi) is 1.51. The summed E-state index contributed by atoms with van der Waals surface area (Å²) in [5.41, 5.74) is 2.23. The van der Waals surface area contributed by atoms with Gasteiger partial charge < -0.3 is 10.5 Å². The molecule has 0 aliphatic heterocycles. The lowest BCUT2D eigenvalue weighted by atomic mass is 10.4. The van der Waals surface area contributed by atoms with Crippen molar-refractivity contribution >= 4 is 5.82 Å². The van der Waals surface area contributed by atoms with E-state index in [1.165, 1.54) is 12.3 Å². The second-order valence-electron chi connectivity index (χ2n) is 1.52. The highest BCUT2D eigenvalue weighted by molar-refractivity contribution is 5.46. The Morgan fingerprint density at radius 3 is 2.89 bits per heavy atom. The van der Waals surface area contributed by atoms with Crippen molar-refractivity contribution in [3.63, 3.8) is 0 Å². The van der Waals surface area contributed by atoms with Crippen LogP contribution in [0, 0.1) is 0 Å². The third-order valence-corrected chi connectivity index (χ3v) is 0.923. The molecule has 1 aromatic rings. The monoisotopic (exact) mass is 125 g/mol. The number of rotatable bonds is 1. The Hall–Kier alpha value is -1.29. The minimum Gasteiger partial charge on any atom is -0.504 e. The second kappa shape index (κ2) is 2.32. The van der Waals surface area contributed by atoms with E-state index >= 15 is 0 Å². The molecule has 0 saturated carbocycles. The highest BCUT2D eigenvalue weighted by Gasteiger charge is 1.94. The molecule has 0 aliphatic carbocycles. The van der Waals surface area contributed by atoms with Gasteiger partial charge in [-0.15, -0.1) is 0 Å². The van der Waals surface area contributed by atoms with Gasteiger partial charge in [-0.25, -0.2) is 10.8 Å². The Balaban J connectivity index is 3.01. The number of aromatic nitrogens is 1. The molecule has 0 radical (unpaired) electrons. The second-order valence-corrected chi connectivity index (χ2v) is 1.52. The Morgan fingerprint density at radius 2 is 2.44 bits per heavy atom. The molecule has 0 spiro atoms. The van der Waals surface area contributed by atoms with Crippen molar-refractivity contribution in [1.29, 1.82) is 0 Å². The maximum atomic E-state index is 8.91. The summed E-state index contributed by atoms with van der Waals surface area (Å²) in [7, 11) is 0. The average Bonchev–Trinajstić information content (AvgIpc) is 1.89. The first-order chi connectivity index (χ1) is 4.34. The normalized spacial score (nSPS) is 9.00. The van der Waals surface area contributed by atoms with E-state index in [-0.39, 0.29) is 11.6 Å². The van der Waals surface area contributed by atoms with Crippen LogP contribution in [0.1, 0.15) is 0 Å². The fourth-order valence-corrected chi connectivity index (χ4v) is 0.508. The van der Waals surface area contributed by atoms with Crippen LogP contribution in [0.25, 0.3) is 0 Å². The van der Waals surface area contributed by atoms with Crippen molar-refractivity contribution in [2.45, 2.75) is 0 Å². The summed E-state index contributed by atoms with van der Waals surface area (Å²) in [5, 5.41) is 8.91. The summed E-state index contributed by atoms with van der Waals surface area (Å²) < 4.78 is 0. The zero-order valence-electron chi connectivity index (χ0n) is 4.70. The van der Waals surface area contributed by atoms with Crippen molar-refractivity contribution in [1.82, 2.24) is 4.98 Å². The Labute approximate surface area is 52.3 Å². The van der Waals surface area contributed by atoms with Crippen molar-refractivity contribution in [3.05, 3.63) is 18.3 Å². The molecule has 0 bridgehead atoms. The van der Waals surface area contributed by atoms with E-state index < -0.39 is 0 Å². The molecule has 0 fully saturated rings. The van der Waals surface area contributed by atoms with Crippen LogP contribution in [0.2, 0.25) is 0 Å². The van der Waals surface area contributed by atoms with Crippen LogP contribution >= 0.6 is 0 Å². The fourth-order valence-electron chi connectivity index (χ4n) is 0.508. The zero-order valence-corrected chi connectivity index (χ0v) is 4.70. The molecule has 1 rings (SSSR count). The van der Waals surface area contributed by atoms with Gasteiger partial charge in [0.2, 0.25) is 0 Å². The number of nitrogen functional groups attached to an aromatic ring is 1. The van der Waals surface area contributed by atoms with E-state index in [4.69, 9.17) is 10.9 Å². The number of aromatic hydroxyl groups is 1. The molecule has 9 heavy (non-hydrogen) atoms. The largest absolute Gasteiger partial charge is 0.504 e. The van der Waals surface area contributed by atoms with E-state index in [0.717, 1.165) is 0 Å². The van der Waals surface area contributed by atoms with Crippen molar-refractivity contribution in [2.24, 2.45) is 5.84 Å². The number of hydrogen-bond donors (Lipinski definition) is 3. The SMILES string of the molecule is NNc1ncccc1O. The number of nitrogens with one attached hydrogen (secondary N) is 1. The van der Waals surface area contributed by atoms with E-state index in [9.17, 15) is 0 Å².